The van der Waals surface area contributed by atoms with E-state index in [1.54, 1.807) is 0 Å². The van der Waals surface area contributed by atoms with Gasteiger partial charge in [0.1, 0.15) is 0 Å². The Morgan fingerprint density at radius 3 is 1.92 bits per heavy atom. The number of nitrogens with zero attached hydrogens (tertiary/aromatic N) is 2. The molecule has 11 heteroatoms. The van der Waals surface area contributed by atoms with E-state index in [1.165, 1.54) is 6.92 Å². The van der Waals surface area contributed by atoms with Crippen molar-refractivity contribution in [2.24, 2.45) is 0 Å². The van der Waals surface area contributed by atoms with Crippen LogP contribution in [0.4, 0.5) is 0 Å². The number of hydrogen-bond acceptors (Lipinski definition) is 11. The first-order valence-corrected chi connectivity index (χ1v) is 7.34. The number of carbonyl (C=O) groups excluding carboxylic acids is 3. The highest BCUT2D eigenvalue weighted by Gasteiger charge is 2.53. The van der Waals surface area contributed by atoms with Gasteiger partial charge in [0.2, 0.25) is 11.8 Å². The molecule has 0 radical (unpaired) electrons. The third kappa shape index (κ3) is 4.51. The van der Waals surface area contributed by atoms with Gasteiger partial charge in [-0.05, 0) is 0 Å². The molecule has 1 unspecified atom stereocenters. The van der Waals surface area contributed by atoms with Gasteiger partial charge in [-0.2, -0.15) is 0 Å². The molecule has 0 bridgehead atoms. The van der Waals surface area contributed by atoms with Crippen molar-refractivity contribution in [2.75, 3.05) is 0 Å². The van der Waals surface area contributed by atoms with E-state index < -0.39 is 48.6 Å². The predicted molar refractivity (Wildman–Crippen MR) is 75.5 cm³/mol. The fourth-order valence-corrected chi connectivity index (χ4v) is 2.42. The lowest BCUT2D eigenvalue weighted by molar-refractivity contribution is -0.297. The third-order valence-electron chi connectivity index (χ3n) is 3.20. The van der Waals surface area contributed by atoms with Crippen LogP contribution >= 0.6 is 0 Å². The second-order valence-electron chi connectivity index (χ2n) is 5.33. The maximum absolute atomic E-state index is 11.5. The summed E-state index contributed by atoms with van der Waals surface area (Å²) < 4.78 is 25.9. The summed E-state index contributed by atoms with van der Waals surface area (Å²) in [4.78, 5) is 34.2. The van der Waals surface area contributed by atoms with Crippen LogP contribution in [0.5, 0.6) is 0 Å². The van der Waals surface area contributed by atoms with Crippen molar-refractivity contribution in [2.45, 2.75) is 58.4 Å². The van der Waals surface area contributed by atoms with E-state index >= 15 is 0 Å². The highest BCUT2D eigenvalue weighted by atomic mass is 16.7. The number of carbonyl (C=O) groups is 3. The van der Waals surface area contributed by atoms with Gasteiger partial charge in [-0.3, -0.25) is 14.4 Å². The topological polar surface area (TPSA) is 147 Å². The van der Waals surface area contributed by atoms with E-state index in [0.717, 1.165) is 20.8 Å². The molecule has 1 aliphatic heterocycles. The zero-order valence-electron chi connectivity index (χ0n) is 14.0. The molecule has 0 saturated carbocycles. The first-order chi connectivity index (χ1) is 11.7. The molecule has 138 valence electrons. The van der Waals surface area contributed by atoms with Crippen molar-refractivity contribution in [1.29, 1.82) is 0 Å². The van der Waals surface area contributed by atoms with E-state index in [-0.39, 0.29) is 11.8 Å². The van der Waals surface area contributed by atoms with Crippen molar-refractivity contribution in [3.63, 3.8) is 0 Å². The molecule has 1 fully saturated rings. The maximum Gasteiger partial charge on any atom is 0.303 e. The number of aromatic nitrogens is 2. The molecule has 0 aromatic carbocycles. The molecular weight excluding hydrogens is 340 g/mol. The number of hydrogen-bond donors (Lipinski definition) is 1. The summed E-state index contributed by atoms with van der Waals surface area (Å²) in [5.74, 6) is -2.10. The van der Waals surface area contributed by atoms with Crippen LogP contribution in [0, 0.1) is 6.92 Å². The largest absolute Gasteiger partial charge is 0.455 e. The second-order valence-corrected chi connectivity index (χ2v) is 5.33. The van der Waals surface area contributed by atoms with Crippen LogP contribution < -0.4 is 0 Å². The van der Waals surface area contributed by atoms with Crippen LogP contribution in [0.2, 0.25) is 0 Å². The van der Waals surface area contributed by atoms with Crippen molar-refractivity contribution in [3.05, 3.63) is 11.8 Å². The fourth-order valence-electron chi connectivity index (χ4n) is 2.42. The van der Waals surface area contributed by atoms with Crippen molar-refractivity contribution in [3.8, 4) is 0 Å². The van der Waals surface area contributed by atoms with Crippen molar-refractivity contribution in [1.82, 2.24) is 10.2 Å². The molecule has 0 aliphatic carbocycles. The quantitative estimate of drug-likeness (QED) is 0.551. The number of ether oxygens (including phenoxy) is 4. The van der Waals surface area contributed by atoms with Gasteiger partial charge in [0, 0.05) is 27.7 Å². The first kappa shape index (κ1) is 18.8. The van der Waals surface area contributed by atoms with E-state index in [1.807, 2.05) is 0 Å². The summed E-state index contributed by atoms with van der Waals surface area (Å²) >= 11 is 0. The van der Waals surface area contributed by atoms with Gasteiger partial charge in [0.05, 0.1) is 0 Å². The molecule has 1 N–H and O–H groups in total. The smallest absolute Gasteiger partial charge is 0.303 e. The van der Waals surface area contributed by atoms with Crippen LogP contribution in [0.1, 0.15) is 38.7 Å². The average Bonchev–Trinajstić information content (AvgIpc) is 2.90. The van der Waals surface area contributed by atoms with E-state index in [4.69, 9.17) is 23.4 Å². The highest BCUT2D eigenvalue weighted by Crippen LogP contribution is 2.36. The first-order valence-electron chi connectivity index (χ1n) is 7.34. The Balaban J connectivity index is 2.42. The van der Waals surface area contributed by atoms with E-state index in [2.05, 4.69) is 10.2 Å². The fraction of sp³-hybridized carbons (Fsp3) is 0.643. The lowest BCUT2D eigenvalue weighted by Crippen LogP contribution is -2.58. The third-order valence-corrected chi connectivity index (χ3v) is 3.20. The van der Waals surface area contributed by atoms with Crippen LogP contribution in [0.25, 0.3) is 0 Å². The summed E-state index contributed by atoms with van der Waals surface area (Å²) in [7, 11) is 0. The normalized spacial score (nSPS) is 28.9. The molecule has 0 amide bonds. The molecule has 2 heterocycles. The van der Waals surface area contributed by atoms with Gasteiger partial charge < -0.3 is 28.5 Å². The van der Waals surface area contributed by atoms with E-state index in [0.29, 0.717) is 0 Å². The summed E-state index contributed by atoms with van der Waals surface area (Å²) in [6, 6.07) is 0. The highest BCUT2D eigenvalue weighted by molar-refractivity contribution is 5.68. The lowest BCUT2D eigenvalue weighted by atomic mass is 9.97. The van der Waals surface area contributed by atoms with Crippen molar-refractivity contribution < 1.29 is 42.9 Å². The number of rotatable bonds is 4. The number of esters is 3. The second kappa shape index (κ2) is 7.57. The lowest BCUT2D eigenvalue weighted by Gasteiger charge is -2.41. The summed E-state index contributed by atoms with van der Waals surface area (Å²) in [6.07, 6.45) is -6.94. The SMILES string of the molecule is CC(=O)O[C@@H]1[C@@H](OC(C)=O)[C@@H](O)OC(c2nnc(C)o2)[C@H]1OC(C)=O. The number of aliphatic hydroxyl groups is 1. The van der Waals surface area contributed by atoms with Gasteiger partial charge in [0.15, 0.2) is 30.7 Å². The van der Waals surface area contributed by atoms with Crippen LogP contribution in [0.3, 0.4) is 0 Å². The Bertz CT molecular complexity index is 658. The van der Waals surface area contributed by atoms with Gasteiger partial charge in [-0.15, -0.1) is 10.2 Å². The molecule has 1 saturated heterocycles. The molecule has 1 aliphatic rings. The Hall–Kier alpha value is -2.53. The maximum atomic E-state index is 11.5. The monoisotopic (exact) mass is 358 g/mol. The molecule has 11 nitrogen and oxygen atoms in total. The minimum Gasteiger partial charge on any atom is -0.455 e. The molecule has 2 rings (SSSR count). The molecule has 25 heavy (non-hydrogen) atoms. The summed E-state index contributed by atoms with van der Waals surface area (Å²) in [6.45, 7) is 4.88. The standard InChI is InChI=1S/C14H18N2O9/c1-5-15-16-13(21-5)11-9(22-6(2)17)10(23-7(3)18)12(14(20)25-11)24-8(4)19/h9-12,14,20H,1-4H3/t9-,10-,11?,12+,14-/m0/s1. The zero-order valence-corrected chi connectivity index (χ0v) is 14.0. The Labute approximate surface area is 142 Å². The zero-order chi connectivity index (χ0) is 18.7. The Morgan fingerprint density at radius 2 is 1.44 bits per heavy atom. The molecule has 1 aromatic rings. The van der Waals surface area contributed by atoms with Crippen LogP contribution in [-0.2, 0) is 33.3 Å². The molecule has 0 spiro atoms. The predicted octanol–water partition coefficient (Wildman–Crippen LogP) is -0.437. The number of aryl methyl sites for hydroxylation is 1. The van der Waals surface area contributed by atoms with Crippen LogP contribution in [0.15, 0.2) is 4.42 Å². The van der Waals surface area contributed by atoms with Gasteiger partial charge in [-0.25, -0.2) is 0 Å². The average molecular weight is 358 g/mol. The summed E-state index contributed by atoms with van der Waals surface area (Å²) in [5.41, 5.74) is 0. The molecule has 5 atom stereocenters. The van der Waals surface area contributed by atoms with Gasteiger partial charge >= 0.3 is 17.9 Å². The van der Waals surface area contributed by atoms with Crippen LogP contribution in [-0.4, -0.2) is 57.8 Å². The summed E-state index contributed by atoms with van der Waals surface area (Å²) in [5, 5.41) is 17.6. The molecule has 1 aromatic heterocycles. The van der Waals surface area contributed by atoms with Gasteiger partial charge in [-0.1, -0.05) is 0 Å². The Kier molecular flexibility index (Phi) is 5.69. The number of aliphatic hydroxyl groups excluding tert-OH is 1. The minimum atomic E-state index is -1.68. The van der Waals surface area contributed by atoms with Crippen molar-refractivity contribution >= 4 is 17.9 Å². The van der Waals surface area contributed by atoms with Gasteiger partial charge in [0.25, 0.3) is 0 Å². The minimum absolute atomic E-state index is 0.0961. The Morgan fingerprint density at radius 1 is 0.920 bits per heavy atom. The van der Waals surface area contributed by atoms with E-state index in [9.17, 15) is 19.5 Å². The molecular formula is C14H18N2O9.